The average molecular weight is 340 g/mol. The third kappa shape index (κ3) is 2.83. The van der Waals surface area contributed by atoms with Gasteiger partial charge in [-0.3, -0.25) is 4.79 Å². The number of Topliss-reactive ketones (excluding diaryl/α,β-unsaturated/α-hetero) is 1. The summed E-state index contributed by atoms with van der Waals surface area (Å²) >= 11 is 5.43. The number of carbonyl (C=O) groups is 1. The lowest BCUT2D eigenvalue weighted by atomic mass is 9.67. The zero-order valence-electron chi connectivity index (χ0n) is 14.1. The van der Waals surface area contributed by atoms with Crippen molar-refractivity contribution in [2.24, 2.45) is 11.3 Å². The second-order valence-corrected chi connectivity index (χ2v) is 7.62. The molecule has 24 heavy (non-hydrogen) atoms. The van der Waals surface area contributed by atoms with Crippen LogP contribution in [0.1, 0.15) is 38.2 Å². The number of benzene rings is 1. The van der Waals surface area contributed by atoms with E-state index in [-0.39, 0.29) is 17.1 Å². The van der Waals surface area contributed by atoms with E-state index >= 15 is 0 Å². The average Bonchev–Trinajstić information content (AvgIpc) is 2.52. The van der Waals surface area contributed by atoms with Crippen molar-refractivity contribution in [3.63, 3.8) is 0 Å². The second-order valence-electron chi connectivity index (χ2n) is 7.18. The number of hydrogen-bond donors (Lipinski definition) is 1. The van der Waals surface area contributed by atoms with E-state index in [1.165, 1.54) is 0 Å². The molecule has 5 heteroatoms. The van der Waals surface area contributed by atoms with Crippen molar-refractivity contribution >= 4 is 23.0 Å². The van der Waals surface area contributed by atoms with Gasteiger partial charge in [-0.05, 0) is 29.5 Å². The van der Waals surface area contributed by atoms with E-state index in [2.05, 4.69) is 25.2 Å². The molecule has 1 aromatic carbocycles. The largest absolute Gasteiger partial charge is 0.497 e. The van der Waals surface area contributed by atoms with Crippen molar-refractivity contribution in [1.29, 1.82) is 5.26 Å². The Balaban J connectivity index is 2.13. The predicted molar refractivity (Wildman–Crippen MR) is 95.6 cm³/mol. The molecule has 1 heterocycles. The van der Waals surface area contributed by atoms with E-state index in [0.29, 0.717) is 11.4 Å². The molecule has 0 aromatic heterocycles. The number of ether oxygens (including phenoxy) is 1. The highest BCUT2D eigenvalue weighted by Crippen LogP contribution is 2.46. The fourth-order valence-corrected chi connectivity index (χ4v) is 3.97. The first-order chi connectivity index (χ1) is 11.4. The molecule has 0 spiro atoms. The number of carbonyl (C=O) groups excluding carboxylic acids is 1. The number of ketones is 1. The Morgan fingerprint density at radius 1 is 1.29 bits per heavy atom. The number of nitrogens with one attached hydrogen (secondary N) is 1. The fourth-order valence-electron chi connectivity index (χ4n) is 3.66. The predicted octanol–water partition coefficient (Wildman–Crippen LogP) is 3.49. The molecular weight excluding hydrogens is 320 g/mol. The zero-order chi connectivity index (χ0) is 17.5. The second kappa shape index (κ2) is 6.03. The van der Waals surface area contributed by atoms with Gasteiger partial charge < -0.3 is 10.1 Å². The normalized spacial score (nSPS) is 25.6. The Labute approximate surface area is 147 Å². The number of nitrogens with zero attached hydrogens (tertiary/aromatic N) is 1. The number of methoxy groups -OCH3 is 1. The molecular formula is C19H20N2O2S. The van der Waals surface area contributed by atoms with Crippen LogP contribution in [0.5, 0.6) is 5.75 Å². The Morgan fingerprint density at radius 3 is 2.54 bits per heavy atom. The van der Waals surface area contributed by atoms with Gasteiger partial charge in [-0.1, -0.05) is 38.2 Å². The summed E-state index contributed by atoms with van der Waals surface area (Å²) in [6, 6.07) is 9.82. The molecule has 0 amide bonds. The highest BCUT2D eigenvalue weighted by Gasteiger charge is 2.44. The summed E-state index contributed by atoms with van der Waals surface area (Å²) in [7, 11) is 1.61. The van der Waals surface area contributed by atoms with Crippen molar-refractivity contribution in [3.05, 3.63) is 41.1 Å². The summed E-state index contributed by atoms with van der Waals surface area (Å²) in [6.07, 6.45) is 1.25. The van der Waals surface area contributed by atoms with Crippen LogP contribution in [0.3, 0.4) is 0 Å². The van der Waals surface area contributed by atoms with Crippen LogP contribution in [0.4, 0.5) is 0 Å². The molecule has 1 aromatic rings. The molecule has 2 aliphatic rings. The molecule has 2 atom stereocenters. The molecule has 0 unspecified atom stereocenters. The fraction of sp³-hybridized carbons (Fsp3) is 0.421. The molecule has 0 fully saturated rings. The minimum atomic E-state index is -0.530. The molecule has 124 valence electrons. The van der Waals surface area contributed by atoms with E-state index in [4.69, 9.17) is 17.0 Å². The van der Waals surface area contributed by atoms with E-state index in [1.807, 2.05) is 24.3 Å². The van der Waals surface area contributed by atoms with E-state index in [9.17, 15) is 10.1 Å². The summed E-state index contributed by atoms with van der Waals surface area (Å²) in [4.78, 5) is 13.3. The SMILES string of the molecule is COc1ccc([C@H]2C3=C(CC(C)(C)CC3=O)NC(=S)[C@@H]2C#N)cc1. The van der Waals surface area contributed by atoms with Crippen LogP contribution in [-0.4, -0.2) is 17.9 Å². The van der Waals surface area contributed by atoms with E-state index < -0.39 is 5.92 Å². The molecule has 0 saturated carbocycles. The summed E-state index contributed by atoms with van der Waals surface area (Å²) in [6.45, 7) is 4.16. The summed E-state index contributed by atoms with van der Waals surface area (Å²) in [5, 5.41) is 12.8. The minimum Gasteiger partial charge on any atom is -0.497 e. The quantitative estimate of drug-likeness (QED) is 0.835. The van der Waals surface area contributed by atoms with Gasteiger partial charge in [0, 0.05) is 23.6 Å². The van der Waals surface area contributed by atoms with Gasteiger partial charge >= 0.3 is 0 Å². The molecule has 0 saturated heterocycles. The van der Waals surface area contributed by atoms with Crippen LogP contribution >= 0.6 is 12.2 Å². The Morgan fingerprint density at radius 2 is 1.96 bits per heavy atom. The molecule has 1 aliphatic carbocycles. The van der Waals surface area contributed by atoms with Crippen LogP contribution in [0.25, 0.3) is 0 Å². The van der Waals surface area contributed by atoms with E-state index in [1.54, 1.807) is 7.11 Å². The Bertz CT molecular complexity index is 772. The standard InChI is InChI=1S/C19H20N2O2S/c1-19(2)8-14-17(15(22)9-19)16(13(10-20)18(24)21-14)11-4-6-12(23-3)7-5-11/h4-7,13,16H,8-9H2,1-3H3,(H,21,24)/t13-,16-/m1/s1. The van der Waals surface area contributed by atoms with Crippen LogP contribution in [0.2, 0.25) is 0 Å². The number of thiocarbonyl (C=S) groups is 1. The van der Waals surface area contributed by atoms with E-state index in [0.717, 1.165) is 29.0 Å². The van der Waals surface area contributed by atoms with Gasteiger partial charge in [-0.25, -0.2) is 0 Å². The van der Waals surface area contributed by atoms with Crippen molar-refractivity contribution in [2.45, 2.75) is 32.6 Å². The van der Waals surface area contributed by atoms with Crippen molar-refractivity contribution in [1.82, 2.24) is 5.32 Å². The van der Waals surface area contributed by atoms with Gasteiger partial charge in [0.25, 0.3) is 0 Å². The lowest BCUT2D eigenvalue weighted by molar-refractivity contribution is -0.118. The first kappa shape index (κ1) is 16.7. The molecule has 4 nitrogen and oxygen atoms in total. The topological polar surface area (TPSA) is 62.1 Å². The highest BCUT2D eigenvalue weighted by atomic mass is 32.1. The lowest BCUT2D eigenvalue weighted by Crippen LogP contribution is -2.44. The van der Waals surface area contributed by atoms with Gasteiger partial charge in [0.2, 0.25) is 0 Å². The third-order valence-corrected chi connectivity index (χ3v) is 5.09. The van der Waals surface area contributed by atoms with Crippen molar-refractivity contribution in [3.8, 4) is 11.8 Å². The summed E-state index contributed by atoms with van der Waals surface area (Å²) < 4.78 is 5.20. The van der Waals surface area contributed by atoms with Crippen molar-refractivity contribution in [2.75, 3.05) is 7.11 Å². The third-order valence-electron chi connectivity index (χ3n) is 4.73. The molecule has 3 rings (SSSR count). The first-order valence-corrected chi connectivity index (χ1v) is 8.38. The Hall–Kier alpha value is -2.19. The molecule has 1 aliphatic heterocycles. The van der Waals surface area contributed by atoms with Crippen molar-refractivity contribution < 1.29 is 9.53 Å². The Kier molecular flexibility index (Phi) is 4.18. The first-order valence-electron chi connectivity index (χ1n) is 7.97. The van der Waals surface area contributed by atoms with Gasteiger partial charge in [-0.15, -0.1) is 0 Å². The maximum Gasteiger partial charge on any atom is 0.161 e. The molecule has 1 N–H and O–H groups in total. The van der Waals surface area contributed by atoms with Crippen LogP contribution in [0, 0.1) is 22.7 Å². The van der Waals surface area contributed by atoms with Crippen LogP contribution < -0.4 is 10.1 Å². The van der Waals surface area contributed by atoms with Crippen LogP contribution in [0.15, 0.2) is 35.5 Å². The number of allylic oxidation sites excluding steroid dienone is 2. The number of nitriles is 1. The molecule has 0 radical (unpaired) electrons. The smallest absolute Gasteiger partial charge is 0.161 e. The highest BCUT2D eigenvalue weighted by molar-refractivity contribution is 7.80. The number of rotatable bonds is 2. The minimum absolute atomic E-state index is 0.0948. The maximum atomic E-state index is 12.8. The summed E-state index contributed by atoms with van der Waals surface area (Å²) in [5.74, 6) is 0.0111. The zero-order valence-corrected chi connectivity index (χ0v) is 14.9. The number of hydrogen-bond acceptors (Lipinski definition) is 4. The monoisotopic (exact) mass is 340 g/mol. The van der Waals surface area contributed by atoms with Gasteiger partial charge in [0.1, 0.15) is 11.7 Å². The van der Waals surface area contributed by atoms with Crippen LogP contribution in [-0.2, 0) is 4.79 Å². The van der Waals surface area contributed by atoms with Gasteiger partial charge in [-0.2, -0.15) is 5.26 Å². The molecule has 0 bridgehead atoms. The van der Waals surface area contributed by atoms with Gasteiger partial charge in [0.05, 0.1) is 18.2 Å². The summed E-state index contributed by atoms with van der Waals surface area (Å²) in [5.41, 5.74) is 2.43. The maximum absolute atomic E-state index is 12.8. The lowest BCUT2D eigenvalue weighted by Gasteiger charge is -2.40. The van der Waals surface area contributed by atoms with Gasteiger partial charge in [0.15, 0.2) is 5.78 Å².